The van der Waals surface area contributed by atoms with Crippen LogP contribution in [0.2, 0.25) is 0 Å². The minimum Gasteiger partial charge on any atom is -0.318 e. The van der Waals surface area contributed by atoms with Gasteiger partial charge < -0.3 is 4.57 Å². The van der Waals surface area contributed by atoms with Gasteiger partial charge in [-0.05, 0) is 12.1 Å². The highest BCUT2D eigenvalue weighted by Crippen LogP contribution is 2.25. The fourth-order valence-electron chi connectivity index (χ4n) is 2.25. The Kier molecular flexibility index (Phi) is 4.28. The van der Waals surface area contributed by atoms with Gasteiger partial charge in [-0.25, -0.2) is 13.8 Å². The molecule has 2 heterocycles. The van der Waals surface area contributed by atoms with E-state index in [1.54, 1.807) is 4.57 Å². The third-order valence-electron chi connectivity index (χ3n) is 3.23. The van der Waals surface area contributed by atoms with Gasteiger partial charge in [-0.3, -0.25) is 10.1 Å². The third-order valence-corrected chi connectivity index (χ3v) is 4.07. The van der Waals surface area contributed by atoms with Gasteiger partial charge in [0.15, 0.2) is 5.01 Å². The number of hydrogen-bond acceptors (Lipinski definition) is 5. The summed E-state index contributed by atoms with van der Waals surface area (Å²) in [5, 5.41) is 9.02. The van der Waals surface area contributed by atoms with E-state index in [-0.39, 0.29) is 17.6 Å². The van der Waals surface area contributed by atoms with Crippen LogP contribution < -0.4 is 5.32 Å². The van der Waals surface area contributed by atoms with Crippen LogP contribution in [0.1, 0.15) is 24.2 Å². The quantitative estimate of drug-likeness (QED) is 0.777. The fourth-order valence-corrected chi connectivity index (χ4v) is 2.86. The molecule has 9 heteroatoms. The van der Waals surface area contributed by atoms with Crippen LogP contribution in [0.4, 0.5) is 13.9 Å². The normalized spacial score (nSPS) is 11.3. The number of para-hydroxylation sites is 2. The largest absolute Gasteiger partial charge is 0.318 e. The minimum atomic E-state index is -2.69. The number of aromatic nitrogens is 4. The summed E-state index contributed by atoms with van der Waals surface area (Å²) in [6.07, 6.45) is -2.02. The number of amides is 1. The van der Waals surface area contributed by atoms with Crippen molar-refractivity contribution in [2.75, 3.05) is 5.32 Å². The average Bonchev–Trinajstić information content (AvgIpc) is 3.12. The summed E-state index contributed by atoms with van der Waals surface area (Å²) in [6.45, 7) is 1.99. The SMILES string of the molecule is CCc1nc2ccccc2n1CC(=O)Nc1nnc(C(F)F)s1. The number of fused-ring (bicyclic) bond motifs is 1. The number of alkyl halides is 2. The molecule has 0 aliphatic rings. The first-order valence-electron chi connectivity index (χ1n) is 6.94. The highest BCUT2D eigenvalue weighted by atomic mass is 32.1. The molecule has 6 nitrogen and oxygen atoms in total. The summed E-state index contributed by atoms with van der Waals surface area (Å²) < 4.78 is 26.8. The van der Waals surface area contributed by atoms with E-state index in [4.69, 9.17) is 0 Å². The van der Waals surface area contributed by atoms with Crippen molar-refractivity contribution < 1.29 is 13.6 Å². The van der Waals surface area contributed by atoms with Crippen LogP contribution in [-0.2, 0) is 17.8 Å². The first kappa shape index (κ1) is 15.5. The van der Waals surface area contributed by atoms with Crippen molar-refractivity contribution in [3.05, 3.63) is 35.1 Å². The predicted molar refractivity (Wildman–Crippen MR) is 82.6 cm³/mol. The zero-order chi connectivity index (χ0) is 16.4. The number of halogens is 2. The van der Waals surface area contributed by atoms with Gasteiger partial charge in [-0.15, -0.1) is 10.2 Å². The van der Waals surface area contributed by atoms with Gasteiger partial charge in [-0.1, -0.05) is 30.4 Å². The number of anilines is 1. The Bertz CT molecular complexity index is 845. The van der Waals surface area contributed by atoms with E-state index >= 15 is 0 Å². The first-order chi connectivity index (χ1) is 11.1. The lowest BCUT2D eigenvalue weighted by Gasteiger charge is -2.07. The van der Waals surface area contributed by atoms with E-state index in [0.29, 0.717) is 17.8 Å². The molecule has 1 N–H and O–H groups in total. The molecule has 23 heavy (non-hydrogen) atoms. The molecule has 0 bridgehead atoms. The molecular formula is C14H13F2N5OS. The highest BCUT2D eigenvalue weighted by Gasteiger charge is 2.17. The lowest BCUT2D eigenvalue weighted by molar-refractivity contribution is -0.116. The number of carbonyl (C=O) groups excluding carboxylic acids is 1. The van der Waals surface area contributed by atoms with E-state index in [1.807, 2.05) is 31.2 Å². The molecule has 120 valence electrons. The van der Waals surface area contributed by atoms with Crippen LogP contribution in [0, 0.1) is 0 Å². The zero-order valence-electron chi connectivity index (χ0n) is 12.2. The average molecular weight is 337 g/mol. The molecule has 2 aromatic heterocycles. The molecule has 3 rings (SSSR count). The Hall–Kier alpha value is -2.42. The maximum Gasteiger partial charge on any atom is 0.291 e. The first-order valence-corrected chi connectivity index (χ1v) is 7.75. The molecule has 0 unspecified atom stereocenters. The molecule has 1 aromatic carbocycles. The van der Waals surface area contributed by atoms with Gasteiger partial charge in [-0.2, -0.15) is 0 Å². The van der Waals surface area contributed by atoms with Crippen molar-refractivity contribution in [1.82, 2.24) is 19.7 Å². The summed E-state index contributed by atoms with van der Waals surface area (Å²) in [5.74, 6) is 0.423. The Balaban J connectivity index is 1.79. The fraction of sp³-hybridized carbons (Fsp3) is 0.286. The van der Waals surface area contributed by atoms with Crippen LogP contribution >= 0.6 is 11.3 Å². The Morgan fingerprint density at radius 3 is 2.83 bits per heavy atom. The number of benzene rings is 1. The summed E-state index contributed by atoms with van der Waals surface area (Å²) in [4.78, 5) is 16.6. The van der Waals surface area contributed by atoms with E-state index in [9.17, 15) is 13.6 Å². The standard InChI is InChI=1S/C14H13F2N5OS/c1-2-10-17-8-5-3-4-6-9(8)21(10)7-11(22)18-14-20-19-13(23-14)12(15)16/h3-6,12H,2,7H2,1H3,(H,18,20,22). The maximum absolute atomic E-state index is 12.5. The number of rotatable bonds is 5. The van der Waals surface area contributed by atoms with Gasteiger partial charge in [0, 0.05) is 6.42 Å². The van der Waals surface area contributed by atoms with Gasteiger partial charge in [0.2, 0.25) is 11.0 Å². The maximum atomic E-state index is 12.5. The van der Waals surface area contributed by atoms with Crippen molar-refractivity contribution in [1.29, 1.82) is 0 Å². The van der Waals surface area contributed by atoms with Gasteiger partial charge in [0.1, 0.15) is 12.4 Å². The Morgan fingerprint density at radius 2 is 2.13 bits per heavy atom. The third kappa shape index (κ3) is 3.19. The summed E-state index contributed by atoms with van der Waals surface area (Å²) in [6, 6.07) is 7.51. The van der Waals surface area contributed by atoms with Crippen molar-refractivity contribution >= 4 is 33.4 Å². The number of nitrogens with zero attached hydrogens (tertiary/aromatic N) is 4. The van der Waals surface area contributed by atoms with Crippen LogP contribution in [0.3, 0.4) is 0 Å². The molecule has 0 saturated heterocycles. The Morgan fingerprint density at radius 1 is 1.35 bits per heavy atom. The molecular weight excluding hydrogens is 324 g/mol. The molecule has 0 radical (unpaired) electrons. The van der Waals surface area contributed by atoms with Crippen molar-refractivity contribution in [2.45, 2.75) is 26.3 Å². The molecule has 0 atom stereocenters. The van der Waals surface area contributed by atoms with E-state index < -0.39 is 11.4 Å². The van der Waals surface area contributed by atoms with E-state index in [0.717, 1.165) is 16.9 Å². The van der Waals surface area contributed by atoms with Crippen LogP contribution in [-0.4, -0.2) is 25.7 Å². The van der Waals surface area contributed by atoms with Crippen molar-refractivity contribution in [2.24, 2.45) is 0 Å². The van der Waals surface area contributed by atoms with Crippen LogP contribution in [0.5, 0.6) is 0 Å². The lowest BCUT2D eigenvalue weighted by Crippen LogP contribution is -2.20. The molecule has 3 aromatic rings. The number of carbonyl (C=O) groups is 1. The van der Waals surface area contributed by atoms with Crippen LogP contribution in [0.15, 0.2) is 24.3 Å². The number of aryl methyl sites for hydroxylation is 1. The molecule has 0 aliphatic heterocycles. The second-order valence-corrected chi connectivity index (χ2v) is 5.76. The Labute approximate surface area is 134 Å². The minimum absolute atomic E-state index is 0.0350. The molecule has 0 spiro atoms. The highest BCUT2D eigenvalue weighted by molar-refractivity contribution is 7.15. The number of imidazole rings is 1. The summed E-state index contributed by atoms with van der Waals surface area (Å²) >= 11 is 0.666. The van der Waals surface area contributed by atoms with E-state index in [2.05, 4.69) is 20.5 Å². The topological polar surface area (TPSA) is 72.7 Å². The van der Waals surface area contributed by atoms with Gasteiger partial charge in [0.05, 0.1) is 11.0 Å². The zero-order valence-corrected chi connectivity index (χ0v) is 13.0. The van der Waals surface area contributed by atoms with Crippen molar-refractivity contribution in [3.8, 4) is 0 Å². The molecule has 0 saturated carbocycles. The predicted octanol–water partition coefficient (Wildman–Crippen LogP) is 3.03. The van der Waals surface area contributed by atoms with Gasteiger partial charge >= 0.3 is 0 Å². The van der Waals surface area contributed by atoms with Crippen molar-refractivity contribution in [3.63, 3.8) is 0 Å². The van der Waals surface area contributed by atoms with E-state index in [1.165, 1.54) is 0 Å². The smallest absolute Gasteiger partial charge is 0.291 e. The van der Waals surface area contributed by atoms with Crippen LogP contribution in [0.25, 0.3) is 11.0 Å². The lowest BCUT2D eigenvalue weighted by atomic mass is 10.3. The van der Waals surface area contributed by atoms with Gasteiger partial charge in [0.25, 0.3) is 6.43 Å². The second-order valence-electron chi connectivity index (χ2n) is 4.75. The second kappa shape index (κ2) is 6.37. The monoisotopic (exact) mass is 337 g/mol. The number of hydrogen-bond donors (Lipinski definition) is 1. The summed E-state index contributed by atoms with van der Waals surface area (Å²) in [5.41, 5.74) is 1.66. The molecule has 0 aliphatic carbocycles. The number of nitrogens with one attached hydrogen (secondary N) is 1. The summed E-state index contributed by atoms with van der Waals surface area (Å²) in [7, 11) is 0. The molecule has 1 amide bonds. The molecule has 0 fully saturated rings.